The molecule has 1 aliphatic heterocycles. The van der Waals surface area contributed by atoms with Gasteiger partial charge in [0, 0.05) is 21.9 Å². The number of amides is 2. The zero-order valence-electron chi connectivity index (χ0n) is 20.0. The van der Waals surface area contributed by atoms with Crippen LogP contribution in [0.25, 0.3) is 10.8 Å². The molecule has 2 amide bonds. The van der Waals surface area contributed by atoms with Crippen molar-refractivity contribution in [1.29, 1.82) is 0 Å². The van der Waals surface area contributed by atoms with Crippen molar-refractivity contribution in [3.63, 3.8) is 0 Å². The predicted octanol–water partition coefficient (Wildman–Crippen LogP) is 6.63. The van der Waals surface area contributed by atoms with E-state index in [0.29, 0.717) is 34.6 Å². The van der Waals surface area contributed by atoms with E-state index in [2.05, 4.69) is 53.7 Å². The molecule has 0 saturated carbocycles. The van der Waals surface area contributed by atoms with Gasteiger partial charge < -0.3 is 4.74 Å². The van der Waals surface area contributed by atoms with Crippen LogP contribution in [-0.2, 0) is 10.8 Å². The van der Waals surface area contributed by atoms with Crippen LogP contribution < -0.4 is 9.64 Å². The molecule has 0 spiro atoms. The maximum absolute atomic E-state index is 13.8. The van der Waals surface area contributed by atoms with Gasteiger partial charge in [0.25, 0.3) is 11.8 Å². The van der Waals surface area contributed by atoms with E-state index in [4.69, 9.17) is 4.74 Å². The van der Waals surface area contributed by atoms with Gasteiger partial charge in [-0.1, -0.05) is 65.8 Å². The maximum Gasteiger partial charge on any atom is 0.265 e. The summed E-state index contributed by atoms with van der Waals surface area (Å²) in [5, 5.41) is 1.47. The number of ether oxygens (including phenoxy) is 1. The Morgan fingerprint density at radius 2 is 1.47 bits per heavy atom. The second kappa shape index (κ2) is 7.47. The zero-order valence-corrected chi connectivity index (χ0v) is 20.0. The van der Waals surface area contributed by atoms with E-state index in [9.17, 15) is 9.59 Å². The van der Waals surface area contributed by atoms with Crippen molar-refractivity contribution in [2.75, 3.05) is 11.5 Å². The molecule has 3 aromatic rings. The van der Waals surface area contributed by atoms with Crippen molar-refractivity contribution in [3.05, 3.63) is 70.8 Å². The molecule has 0 aromatic heterocycles. The fourth-order valence-corrected chi connectivity index (χ4v) is 4.39. The van der Waals surface area contributed by atoms with Gasteiger partial charge in [-0.3, -0.25) is 9.59 Å². The molecule has 0 fully saturated rings. The minimum Gasteiger partial charge on any atom is -0.493 e. The van der Waals surface area contributed by atoms with Crippen molar-refractivity contribution >= 4 is 28.3 Å². The molecule has 0 unspecified atom stereocenters. The van der Waals surface area contributed by atoms with Gasteiger partial charge in [0.15, 0.2) is 0 Å². The third-order valence-electron chi connectivity index (χ3n) is 6.08. The van der Waals surface area contributed by atoms with E-state index in [1.54, 1.807) is 12.1 Å². The third-order valence-corrected chi connectivity index (χ3v) is 6.08. The molecule has 4 rings (SSSR count). The Bertz CT molecular complexity index is 1220. The van der Waals surface area contributed by atoms with Crippen molar-refractivity contribution in [2.45, 2.75) is 59.3 Å². The van der Waals surface area contributed by atoms with Crippen molar-refractivity contribution in [2.24, 2.45) is 0 Å². The summed E-state index contributed by atoms with van der Waals surface area (Å²) in [5.74, 6) is 0.101. The summed E-state index contributed by atoms with van der Waals surface area (Å²) in [6.45, 7) is 15.1. The van der Waals surface area contributed by atoms with E-state index < -0.39 is 0 Å². The highest BCUT2D eigenvalue weighted by atomic mass is 16.5. The average Bonchev–Trinajstić information content (AvgIpc) is 2.71. The van der Waals surface area contributed by atoms with Gasteiger partial charge in [-0.25, -0.2) is 4.90 Å². The number of rotatable bonds is 3. The summed E-state index contributed by atoms with van der Waals surface area (Å²) in [6, 6.07) is 15.3. The number of hydrogen-bond donors (Lipinski definition) is 0. The highest BCUT2D eigenvalue weighted by molar-refractivity contribution is 6.36. The number of benzene rings is 3. The van der Waals surface area contributed by atoms with Crippen LogP contribution in [0.2, 0.25) is 0 Å². The van der Waals surface area contributed by atoms with Gasteiger partial charge in [-0.15, -0.1) is 0 Å². The number of carbonyl (C=O) groups is 2. The van der Waals surface area contributed by atoms with Crippen LogP contribution in [0.5, 0.6) is 5.75 Å². The molecule has 32 heavy (non-hydrogen) atoms. The third kappa shape index (κ3) is 3.48. The standard InChI is InChI=1S/C28H31NO3/c1-8-32-23-15-13-20-24-18(23)10-9-11-19(24)25(30)29(26(20)31)22-16-17(27(2,3)4)12-14-21(22)28(5,6)7/h9-16H,8H2,1-7H3. The Labute approximate surface area is 190 Å². The minimum atomic E-state index is -0.293. The summed E-state index contributed by atoms with van der Waals surface area (Å²) >= 11 is 0. The van der Waals surface area contributed by atoms with Gasteiger partial charge in [0.1, 0.15) is 5.75 Å². The lowest BCUT2D eigenvalue weighted by atomic mass is 9.80. The molecule has 166 valence electrons. The van der Waals surface area contributed by atoms with Gasteiger partial charge in [0.2, 0.25) is 0 Å². The van der Waals surface area contributed by atoms with Gasteiger partial charge >= 0.3 is 0 Å². The highest BCUT2D eigenvalue weighted by Gasteiger charge is 2.37. The number of nitrogens with zero attached hydrogens (tertiary/aromatic N) is 1. The van der Waals surface area contributed by atoms with Gasteiger partial charge in [-0.2, -0.15) is 0 Å². The molecule has 4 nitrogen and oxygen atoms in total. The van der Waals surface area contributed by atoms with E-state index in [1.165, 1.54) is 4.90 Å². The van der Waals surface area contributed by atoms with Crippen LogP contribution in [0.4, 0.5) is 5.69 Å². The molecule has 0 N–H and O–H groups in total. The summed E-state index contributed by atoms with van der Waals surface area (Å²) in [6.07, 6.45) is 0. The van der Waals surface area contributed by atoms with Crippen LogP contribution in [-0.4, -0.2) is 18.4 Å². The van der Waals surface area contributed by atoms with Crippen molar-refractivity contribution in [3.8, 4) is 5.75 Å². The largest absolute Gasteiger partial charge is 0.493 e. The van der Waals surface area contributed by atoms with E-state index in [-0.39, 0.29) is 22.6 Å². The minimum absolute atomic E-state index is 0.114. The fraction of sp³-hybridized carbons (Fsp3) is 0.357. The summed E-state index contributed by atoms with van der Waals surface area (Å²) < 4.78 is 5.76. The highest BCUT2D eigenvalue weighted by Crippen LogP contribution is 2.41. The van der Waals surface area contributed by atoms with E-state index in [0.717, 1.165) is 16.5 Å². The topological polar surface area (TPSA) is 46.6 Å². The Kier molecular flexibility index (Phi) is 5.15. The molecule has 3 aromatic carbocycles. The summed E-state index contributed by atoms with van der Waals surface area (Å²) in [5.41, 5.74) is 3.41. The van der Waals surface area contributed by atoms with Crippen molar-refractivity contribution < 1.29 is 14.3 Å². The first-order valence-electron chi connectivity index (χ1n) is 11.2. The number of imide groups is 1. The van der Waals surface area contributed by atoms with Crippen LogP contribution >= 0.6 is 0 Å². The van der Waals surface area contributed by atoms with Crippen molar-refractivity contribution in [1.82, 2.24) is 0 Å². The second-order valence-electron chi connectivity index (χ2n) is 10.5. The fourth-order valence-electron chi connectivity index (χ4n) is 4.39. The quantitative estimate of drug-likeness (QED) is 0.439. The van der Waals surface area contributed by atoms with Crippen LogP contribution in [0, 0.1) is 0 Å². The first kappa shape index (κ1) is 22.1. The SMILES string of the molecule is CCOc1ccc2c3c(cccc13)C(=O)N(c1cc(C(C)(C)C)ccc1C(C)(C)C)C2=O. The Morgan fingerprint density at radius 1 is 0.812 bits per heavy atom. The Morgan fingerprint density at radius 3 is 2.06 bits per heavy atom. The molecule has 1 heterocycles. The van der Waals surface area contributed by atoms with Gasteiger partial charge in [-0.05, 0) is 53.1 Å². The monoisotopic (exact) mass is 429 g/mol. The van der Waals surface area contributed by atoms with E-state index >= 15 is 0 Å². The first-order valence-corrected chi connectivity index (χ1v) is 11.2. The number of hydrogen-bond acceptors (Lipinski definition) is 3. The predicted molar refractivity (Wildman–Crippen MR) is 130 cm³/mol. The lowest BCUT2D eigenvalue weighted by Crippen LogP contribution is -2.42. The second-order valence-corrected chi connectivity index (χ2v) is 10.5. The van der Waals surface area contributed by atoms with Gasteiger partial charge in [0.05, 0.1) is 12.3 Å². The van der Waals surface area contributed by atoms with Crippen LogP contribution in [0.3, 0.4) is 0 Å². The number of anilines is 1. The Balaban J connectivity index is 1.98. The zero-order chi connectivity index (χ0) is 23.4. The molecule has 0 saturated heterocycles. The first-order chi connectivity index (χ1) is 14.9. The normalized spacial score (nSPS) is 14.3. The smallest absolute Gasteiger partial charge is 0.265 e. The van der Waals surface area contributed by atoms with E-state index in [1.807, 2.05) is 31.2 Å². The lowest BCUT2D eigenvalue weighted by molar-refractivity contribution is 0.0893. The van der Waals surface area contributed by atoms with Crippen LogP contribution in [0.15, 0.2) is 48.5 Å². The molecular formula is C28H31NO3. The molecule has 0 aliphatic carbocycles. The molecular weight excluding hydrogens is 398 g/mol. The maximum atomic E-state index is 13.8. The summed E-state index contributed by atoms with van der Waals surface area (Å²) in [7, 11) is 0. The number of carbonyl (C=O) groups excluding carboxylic acids is 2. The lowest BCUT2D eigenvalue weighted by Gasteiger charge is -2.33. The molecule has 0 radical (unpaired) electrons. The van der Waals surface area contributed by atoms with Crippen LogP contribution in [0.1, 0.15) is 80.3 Å². The molecule has 4 heteroatoms. The molecule has 1 aliphatic rings. The Hall–Kier alpha value is -3.14. The molecule has 0 atom stereocenters. The average molecular weight is 430 g/mol. The molecule has 0 bridgehead atoms. The summed E-state index contributed by atoms with van der Waals surface area (Å²) in [4.78, 5) is 28.9.